The number of benzene rings is 2. The van der Waals surface area contributed by atoms with Crippen LogP contribution < -0.4 is 4.74 Å². The molecule has 2 bridgehead atoms. The lowest BCUT2D eigenvalue weighted by Gasteiger charge is -2.49. The maximum absolute atomic E-state index is 13.4. The molecule has 2 atom stereocenters. The first kappa shape index (κ1) is 20.4. The monoisotopic (exact) mass is 405 g/mol. The molecular weight excluding hydrogens is 378 g/mol. The number of hydrogen-bond donors (Lipinski definition) is 0. The number of fused-ring (bicyclic) bond motifs is 2. The smallest absolute Gasteiger partial charge is 0.254 e. The molecule has 0 aromatic heterocycles. The van der Waals surface area contributed by atoms with Crippen molar-refractivity contribution in [3.63, 3.8) is 0 Å². The molecule has 2 aromatic carbocycles. The lowest BCUT2D eigenvalue weighted by molar-refractivity contribution is -0.0814. The Labute approximate surface area is 177 Å². The molecule has 0 spiro atoms. The van der Waals surface area contributed by atoms with Crippen LogP contribution in [0, 0.1) is 11.3 Å². The number of rotatable bonds is 5. The zero-order valence-corrected chi connectivity index (χ0v) is 17.5. The molecule has 2 saturated heterocycles. The SMILES string of the molecule is CC(C)Oc1ccc(C(=O)N2[C@@H]3COC[C@H]2CN(Cc2ccccc2)C3)cc1C#N. The fourth-order valence-electron chi connectivity index (χ4n) is 4.31. The predicted molar refractivity (Wildman–Crippen MR) is 113 cm³/mol. The van der Waals surface area contributed by atoms with Crippen molar-refractivity contribution in [2.24, 2.45) is 0 Å². The number of nitrogens with zero attached hydrogens (tertiary/aromatic N) is 3. The van der Waals surface area contributed by atoms with Crippen LogP contribution in [0.5, 0.6) is 5.75 Å². The predicted octanol–water partition coefficient (Wildman–Crippen LogP) is 3.07. The third-order valence-electron chi connectivity index (χ3n) is 5.54. The Morgan fingerprint density at radius 2 is 1.87 bits per heavy atom. The molecule has 0 radical (unpaired) electrons. The van der Waals surface area contributed by atoms with Crippen molar-refractivity contribution < 1.29 is 14.3 Å². The molecule has 30 heavy (non-hydrogen) atoms. The molecule has 0 unspecified atom stereocenters. The molecule has 2 aromatic rings. The van der Waals surface area contributed by atoms with Crippen LogP contribution in [0.4, 0.5) is 0 Å². The van der Waals surface area contributed by atoms with Crippen LogP contribution in [-0.2, 0) is 11.3 Å². The van der Waals surface area contributed by atoms with Crippen LogP contribution in [0.2, 0.25) is 0 Å². The molecule has 0 aliphatic carbocycles. The number of carbonyl (C=O) groups excluding carboxylic acids is 1. The van der Waals surface area contributed by atoms with Gasteiger partial charge < -0.3 is 14.4 Å². The fourth-order valence-corrected chi connectivity index (χ4v) is 4.31. The summed E-state index contributed by atoms with van der Waals surface area (Å²) in [7, 11) is 0. The molecule has 0 N–H and O–H groups in total. The van der Waals surface area contributed by atoms with Gasteiger partial charge in [0.15, 0.2) is 0 Å². The summed E-state index contributed by atoms with van der Waals surface area (Å²) in [5, 5.41) is 9.50. The van der Waals surface area contributed by atoms with Gasteiger partial charge in [-0.05, 0) is 37.6 Å². The Balaban J connectivity index is 1.51. The minimum absolute atomic E-state index is 0.00541. The van der Waals surface area contributed by atoms with Gasteiger partial charge in [0.2, 0.25) is 0 Å². The summed E-state index contributed by atoms with van der Waals surface area (Å²) in [6, 6.07) is 17.7. The summed E-state index contributed by atoms with van der Waals surface area (Å²) in [6.45, 7) is 7.32. The van der Waals surface area contributed by atoms with Crippen molar-refractivity contribution in [2.45, 2.75) is 38.6 Å². The van der Waals surface area contributed by atoms with Crippen molar-refractivity contribution in [1.29, 1.82) is 5.26 Å². The van der Waals surface area contributed by atoms with Gasteiger partial charge in [0.05, 0.1) is 37.0 Å². The van der Waals surface area contributed by atoms with E-state index >= 15 is 0 Å². The maximum Gasteiger partial charge on any atom is 0.254 e. The highest BCUT2D eigenvalue weighted by Gasteiger charge is 2.41. The minimum Gasteiger partial charge on any atom is -0.490 e. The molecule has 2 aliphatic heterocycles. The standard InChI is InChI=1S/C24H27N3O3/c1-17(2)30-23-9-8-19(10-20(23)11-25)24(28)27-21-13-26(14-22(27)16-29-15-21)12-18-6-4-3-5-7-18/h3-10,17,21-22H,12-16H2,1-2H3/t21-,22+. The quantitative estimate of drug-likeness (QED) is 0.765. The molecule has 0 saturated carbocycles. The van der Waals surface area contributed by atoms with Crippen molar-refractivity contribution in [2.75, 3.05) is 26.3 Å². The number of nitriles is 1. The summed E-state index contributed by atoms with van der Waals surface area (Å²) in [5.74, 6) is 0.473. The fraction of sp³-hybridized carbons (Fsp3) is 0.417. The molecule has 2 fully saturated rings. The van der Waals surface area contributed by atoms with E-state index < -0.39 is 0 Å². The van der Waals surface area contributed by atoms with Gasteiger partial charge in [-0.1, -0.05) is 30.3 Å². The van der Waals surface area contributed by atoms with E-state index in [1.807, 2.05) is 24.8 Å². The first-order valence-electron chi connectivity index (χ1n) is 10.4. The molecule has 6 nitrogen and oxygen atoms in total. The van der Waals surface area contributed by atoms with E-state index in [0.717, 1.165) is 19.6 Å². The van der Waals surface area contributed by atoms with Crippen LogP contribution in [0.1, 0.15) is 35.3 Å². The van der Waals surface area contributed by atoms with Crippen molar-refractivity contribution in [1.82, 2.24) is 9.80 Å². The molecule has 6 heteroatoms. The largest absolute Gasteiger partial charge is 0.490 e. The van der Waals surface area contributed by atoms with E-state index in [9.17, 15) is 10.1 Å². The summed E-state index contributed by atoms with van der Waals surface area (Å²) < 4.78 is 11.5. The Morgan fingerprint density at radius 3 is 2.50 bits per heavy atom. The maximum atomic E-state index is 13.4. The van der Waals surface area contributed by atoms with Crippen LogP contribution >= 0.6 is 0 Å². The highest BCUT2D eigenvalue weighted by atomic mass is 16.5. The van der Waals surface area contributed by atoms with E-state index in [2.05, 4.69) is 35.2 Å². The Morgan fingerprint density at radius 1 is 1.17 bits per heavy atom. The second-order valence-corrected chi connectivity index (χ2v) is 8.23. The Hall–Kier alpha value is -2.88. The average molecular weight is 405 g/mol. The Bertz CT molecular complexity index is 924. The van der Waals surface area contributed by atoms with E-state index in [1.54, 1.807) is 18.2 Å². The van der Waals surface area contributed by atoms with Crippen LogP contribution in [0.25, 0.3) is 0 Å². The summed E-state index contributed by atoms with van der Waals surface area (Å²) in [6.07, 6.45) is -0.0344. The number of piperazine rings is 1. The van der Waals surface area contributed by atoms with Gasteiger partial charge in [0, 0.05) is 25.2 Å². The third kappa shape index (κ3) is 4.33. The van der Waals surface area contributed by atoms with Gasteiger partial charge in [-0.2, -0.15) is 5.26 Å². The van der Waals surface area contributed by atoms with Gasteiger partial charge >= 0.3 is 0 Å². The van der Waals surface area contributed by atoms with E-state index in [1.165, 1.54) is 5.56 Å². The highest BCUT2D eigenvalue weighted by Crippen LogP contribution is 2.27. The molecule has 2 aliphatic rings. The number of amides is 1. The number of ether oxygens (including phenoxy) is 2. The number of morpholine rings is 1. The first-order chi connectivity index (χ1) is 14.5. The van der Waals surface area contributed by atoms with Crippen molar-refractivity contribution >= 4 is 5.91 Å². The van der Waals surface area contributed by atoms with E-state index in [-0.39, 0.29) is 24.1 Å². The van der Waals surface area contributed by atoms with Gasteiger partial charge in [0.25, 0.3) is 5.91 Å². The molecule has 1 amide bonds. The van der Waals surface area contributed by atoms with E-state index in [4.69, 9.17) is 9.47 Å². The minimum atomic E-state index is -0.0414. The summed E-state index contributed by atoms with van der Waals surface area (Å²) in [5.41, 5.74) is 2.19. The van der Waals surface area contributed by atoms with E-state index in [0.29, 0.717) is 30.1 Å². The van der Waals surface area contributed by atoms with Crippen LogP contribution in [-0.4, -0.2) is 60.2 Å². The number of hydrogen-bond acceptors (Lipinski definition) is 5. The zero-order valence-electron chi connectivity index (χ0n) is 17.5. The van der Waals surface area contributed by atoms with Crippen LogP contribution in [0.15, 0.2) is 48.5 Å². The van der Waals surface area contributed by atoms with Crippen LogP contribution in [0.3, 0.4) is 0 Å². The lowest BCUT2D eigenvalue weighted by Crippen LogP contribution is -2.65. The second kappa shape index (κ2) is 8.86. The Kier molecular flexibility index (Phi) is 6.03. The van der Waals surface area contributed by atoms with Gasteiger partial charge in [0.1, 0.15) is 11.8 Å². The topological polar surface area (TPSA) is 65.8 Å². The highest BCUT2D eigenvalue weighted by molar-refractivity contribution is 5.95. The number of carbonyl (C=O) groups is 1. The average Bonchev–Trinajstić information content (AvgIpc) is 2.73. The molecule has 4 rings (SSSR count). The molecule has 2 heterocycles. The summed E-state index contributed by atoms with van der Waals surface area (Å²) >= 11 is 0. The van der Waals surface area contributed by atoms with Gasteiger partial charge in [-0.25, -0.2) is 0 Å². The van der Waals surface area contributed by atoms with Crippen molar-refractivity contribution in [3.05, 3.63) is 65.2 Å². The van der Waals surface area contributed by atoms with Crippen molar-refractivity contribution in [3.8, 4) is 11.8 Å². The first-order valence-corrected chi connectivity index (χ1v) is 10.4. The lowest BCUT2D eigenvalue weighted by atomic mass is 10.0. The summed E-state index contributed by atoms with van der Waals surface area (Å²) in [4.78, 5) is 17.7. The van der Waals surface area contributed by atoms with Gasteiger partial charge in [-0.3, -0.25) is 9.69 Å². The molecule has 156 valence electrons. The normalized spacial score (nSPS) is 21.3. The third-order valence-corrected chi connectivity index (χ3v) is 5.54. The second-order valence-electron chi connectivity index (χ2n) is 8.23. The molecular formula is C24H27N3O3. The zero-order chi connectivity index (χ0) is 21.1. The van der Waals surface area contributed by atoms with Gasteiger partial charge in [-0.15, -0.1) is 0 Å².